The zero-order valence-corrected chi connectivity index (χ0v) is 6.78. The van der Waals surface area contributed by atoms with E-state index in [9.17, 15) is 13.2 Å². The van der Waals surface area contributed by atoms with E-state index in [4.69, 9.17) is 0 Å². The molecule has 1 aromatic heterocycles. The van der Waals surface area contributed by atoms with E-state index >= 15 is 0 Å². The molecule has 11 heavy (non-hydrogen) atoms. The van der Waals surface area contributed by atoms with Crippen molar-refractivity contribution < 1.29 is 13.2 Å². The van der Waals surface area contributed by atoms with Gasteiger partial charge >= 0.3 is 0 Å². The van der Waals surface area contributed by atoms with Gasteiger partial charge in [0.05, 0.1) is 0 Å². The van der Waals surface area contributed by atoms with Gasteiger partial charge in [0.1, 0.15) is 4.60 Å². The minimum atomic E-state index is -2.68. The second-order valence-electron chi connectivity index (χ2n) is 1.84. The summed E-state index contributed by atoms with van der Waals surface area (Å²) in [4.78, 5) is 3.36. The van der Waals surface area contributed by atoms with E-state index in [1.54, 1.807) is 0 Å². The first-order chi connectivity index (χ1) is 5.11. The van der Waals surface area contributed by atoms with Gasteiger partial charge in [-0.05, 0) is 22.0 Å². The zero-order chi connectivity index (χ0) is 8.43. The van der Waals surface area contributed by atoms with Crippen LogP contribution in [0.3, 0.4) is 0 Å². The van der Waals surface area contributed by atoms with Crippen molar-refractivity contribution >= 4 is 15.9 Å². The summed E-state index contributed by atoms with van der Waals surface area (Å²) in [5, 5.41) is 0. The summed E-state index contributed by atoms with van der Waals surface area (Å²) in [5.74, 6) is -0.775. The van der Waals surface area contributed by atoms with E-state index in [1.807, 2.05) is 0 Å². The molecule has 0 saturated carbocycles. The summed E-state index contributed by atoms with van der Waals surface area (Å²) in [6.07, 6.45) is -1.75. The first kappa shape index (κ1) is 8.52. The van der Waals surface area contributed by atoms with E-state index in [2.05, 4.69) is 20.9 Å². The standard InChI is InChI=1S/C6H3BrF3N/c7-5-4(8)1-3(2-11-5)6(9)10/h1-2,6H. The van der Waals surface area contributed by atoms with Crippen LogP contribution in [0.15, 0.2) is 16.9 Å². The lowest BCUT2D eigenvalue weighted by Gasteiger charge is -1.98. The van der Waals surface area contributed by atoms with Gasteiger partial charge in [-0.15, -0.1) is 0 Å². The van der Waals surface area contributed by atoms with Gasteiger partial charge in [0, 0.05) is 11.8 Å². The molecule has 0 spiro atoms. The van der Waals surface area contributed by atoms with E-state index < -0.39 is 17.8 Å². The highest BCUT2D eigenvalue weighted by Crippen LogP contribution is 2.21. The van der Waals surface area contributed by atoms with Crippen LogP contribution in [0.5, 0.6) is 0 Å². The Labute approximate surface area is 69.4 Å². The molecular weight excluding hydrogens is 223 g/mol. The van der Waals surface area contributed by atoms with Crippen LogP contribution in [0.1, 0.15) is 12.0 Å². The Morgan fingerprint density at radius 1 is 1.45 bits per heavy atom. The second kappa shape index (κ2) is 3.21. The van der Waals surface area contributed by atoms with Crippen molar-refractivity contribution in [2.45, 2.75) is 6.43 Å². The maximum Gasteiger partial charge on any atom is 0.265 e. The van der Waals surface area contributed by atoms with Crippen molar-refractivity contribution in [3.05, 3.63) is 28.2 Å². The highest BCUT2D eigenvalue weighted by Gasteiger charge is 2.09. The lowest BCUT2D eigenvalue weighted by atomic mass is 10.3. The SMILES string of the molecule is Fc1cc(C(F)F)cnc1Br. The maximum absolute atomic E-state index is 12.5. The Hall–Kier alpha value is -0.580. The lowest BCUT2D eigenvalue weighted by molar-refractivity contribution is 0.150. The van der Waals surface area contributed by atoms with Gasteiger partial charge in [-0.2, -0.15) is 0 Å². The van der Waals surface area contributed by atoms with Crippen molar-refractivity contribution in [3.63, 3.8) is 0 Å². The normalized spacial score (nSPS) is 10.6. The van der Waals surface area contributed by atoms with Crippen LogP contribution >= 0.6 is 15.9 Å². The quantitative estimate of drug-likeness (QED) is 0.671. The van der Waals surface area contributed by atoms with Crippen LogP contribution in [0, 0.1) is 5.82 Å². The summed E-state index contributed by atoms with van der Waals surface area (Å²) < 4.78 is 36.2. The van der Waals surface area contributed by atoms with Crippen LogP contribution in [0.25, 0.3) is 0 Å². The van der Waals surface area contributed by atoms with Gasteiger partial charge in [0.25, 0.3) is 6.43 Å². The third-order valence-corrected chi connectivity index (χ3v) is 1.65. The first-order valence-corrected chi connectivity index (χ1v) is 3.49. The van der Waals surface area contributed by atoms with Gasteiger partial charge in [0.15, 0.2) is 5.82 Å². The molecule has 0 bridgehead atoms. The Morgan fingerprint density at radius 2 is 2.09 bits per heavy atom. The number of pyridine rings is 1. The van der Waals surface area contributed by atoms with E-state index in [1.165, 1.54) is 0 Å². The number of alkyl halides is 2. The third-order valence-electron chi connectivity index (χ3n) is 1.07. The maximum atomic E-state index is 12.5. The van der Waals surface area contributed by atoms with Crippen molar-refractivity contribution in [3.8, 4) is 0 Å². The smallest absolute Gasteiger partial charge is 0.246 e. The second-order valence-corrected chi connectivity index (χ2v) is 2.59. The van der Waals surface area contributed by atoms with Crippen LogP contribution in [0.2, 0.25) is 0 Å². The number of hydrogen-bond acceptors (Lipinski definition) is 1. The molecule has 0 aliphatic carbocycles. The minimum absolute atomic E-state index is 0.0538. The third kappa shape index (κ3) is 1.92. The molecular formula is C6H3BrF3N. The molecule has 1 heterocycles. The molecule has 0 aliphatic rings. The van der Waals surface area contributed by atoms with Crippen LogP contribution < -0.4 is 0 Å². The molecule has 1 nitrogen and oxygen atoms in total. The van der Waals surface area contributed by atoms with Crippen molar-refractivity contribution in [2.24, 2.45) is 0 Å². The molecule has 0 N–H and O–H groups in total. The molecule has 1 rings (SSSR count). The highest BCUT2D eigenvalue weighted by molar-refractivity contribution is 9.10. The molecule has 1 aromatic rings. The van der Waals surface area contributed by atoms with Crippen molar-refractivity contribution in [1.82, 2.24) is 4.98 Å². The average molecular weight is 226 g/mol. The summed E-state index contributed by atoms with van der Waals surface area (Å²) in [6, 6.07) is 0.752. The van der Waals surface area contributed by atoms with Gasteiger partial charge in [-0.1, -0.05) is 0 Å². The topological polar surface area (TPSA) is 12.9 Å². The monoisotopic (exact) mass is 225 g/mol. The van der Waals surface area contributed by atoms with E-state index in [0.29, 0.717) is 0 Å². The number of nitrogens with zero attached hydrogens (tertiary/aromatic N) is 1. The lowest BCUT2D eigenvalue weighted by Crippen LogP contribution is -1.89. The van der Waals surface area contributed by atoms with Gasteiger partial charge in [-0.3, -0.25) is 0 Å². The van der Waals surface area contributed by atoms with E-state index in [-0.39, 0.29) is 4.60 Å². The van der Waals surface area contributed by atoms with Crippen molar-refractivity contribution in [2.75, 3.05) is 0 Å². The molecule has 0 atom stereocenters. The zero-order valence-electron chi connectivity index (χ0n) is 5.19. The summed E-state index contributed by atoms with van der Waals surface area (Å²) in [7, 11) is 0. The summed E-state index contributed by atoms with van der Waals surface area (Å²) in [6.45, 7) is 0. The molecule has 0 unspecified atom stereocenters. The van der Waals surface area contributed by atoms with Crippen LogP contribution in [0.4, 0.5) is 13.2 Å². The number of aromatic nitrogens is 1. The Kier molecular flexibility index (Phi) is 2.49. The molecule has 0 radical (unpaired) electrons. The number of rotatable bonds is 1. The van der Waals surface area contributed by atoms with Gasteiger partial charge in [0.2, 0.25) is 0 Å². The van der Waals surface area contributed by atoms with Gasteiger partial charge < -0.3 is 0 Å². The molecule has 5 heteroatoms. The predicted molar refractivity (Wildman–Crippen MR) is 36.9 cm³/mol. The average Bonchev–Trinajstić information content (AvgIpc) is 1.94. The number of halogens is 4. The fourth-order valence-electron chi connectivity index (χ4n) is 0.555. The van der Waals surface area contributed by atoms with Crippen LogP contribution in [-0.4, -0.2) is 4.98 Å². The first-order valence-electron chi connectivity index (χ1n) is 2.70. The fourth-order valence-corrected chi connectivity index (χ4v) is 0.772. The Morgan fingerprint density at radius 3 is 2.55 bits per heavy atom. The summed E-state index contributed by atoms with van der Waals surface area (Å²) >= 11 is 2.75. The molecule has 0 fully saturated rings. The number of hydrogen-bond donors (Lipinski definition) is 0. The van der Waals surface area contributed by atoms with Crippen LogP contribution in [-0.2, 0) is 0 Å². The predicted octanol–water partition coefficient (Wildman–Crippen LogP) is 2.92. The highest BCUT2D eigenvalue weighted by atomic mass is 79.9. The van der Waals surface area contributed by atoms with E-state index in [0.717, 1.165) is 12.3 Å². The molecule has 0 aliphatic heterocycles. The Bertz CT molecular complexity index is 264. The fraction of sp³-hybridized carbons (Fsp3) is 0.167. The molecule has 0 saturated heterocycles. The van der Waals surface area contributed by atoms with Crippen molar-refractivity contribution in [1.29, 1.82) is 0 Å². The minimum Gasteiger partial charge on any atom is -0.246 e. The largest absolute Gasteiger partial charge is 0.265 e. The molecule has 60 valence electrons. The summed E-state index contributed by atoms with van der Waals surface area (Å²) in [5.41, 5.74) is -0.411. The molecule has 0 amide bonds. The van der Waals surface area contributed by atoms with Gasteiger partial charge in [-0.25, -0.2) is 18.2 Å². The molecule has 0 aromatic carbocycles. The Balaban J connectivity index is 3.05.